The van der Waals surface area contributed by atoms with Crippen molar-refractivity contribution < 1.29 is 14.6 Å². The van der Waals surface area contributed by atoms with E-state index in [4.69, 9.17) is 9.84 Å². The molecule has 0 atom stereocenters. The summed E-state index contributed by atoms with van der Waals surface area (Å²) in [6, 6.07) is 0.387. The zero-order valence-electron chi connectivity index (χ0n) is 12.7. The van der Waals surface area contributed by atoms with Gasteiger partial charge in [-0.2, -0.15) is 0 Å². The summed E-state index contributed by atoms with van der Waals surface area (Å²) < 4.78 is 5.17. The second-order valence-corrected chi connectivity index (χ2v) is 7.05. The van der Waals surface area contributed by atoms with Gasteiger partial charge in [-0.1, -0.05) is 0 Å². The molecule has 4 bridgehead atoms. The molecule has 0 unspecified atom stereocenters. The van der Waals surface area contributed by atoms with Gasteiger partial charge in [-0.15, -0.1) is 0 Å². The van der Waals surface area contributed by atoms with Gasteiger partial charge in [-0.3, -0.25) is 0 Å². The predicted octanol–water partition coefficient (Wildman–Crippen LogP) is 1.51. The number of amides is 2. The molecule has 0 saturated heterocycles. The van der Waals surface area contributed by atoms with E-state index >= 15 is 0 Å². The second kappa shape index (κ2) is 6.97. The Kier molecular flexibility index (Phi) is 5.01. The number of aliphatic hydroxyl groups excluding tert-OH is 1. The molecule has 5 heteroatoms. The van der Waals surface area contributed by atoms with Gasteiger partial charge in [0.25, 0.3) is 0 Å². The highest BCUT2D eigenvalue weighted by Crippen LogP contribution is 2.53. The van der Waals surface area contributed by atoms with Crippen LogP contribution in [-0.2, 0) is 4.74 Å². The molecule has 0 heterocycles. The van der Waals surface area contributed by atoms with Crippen LogP contribution in [0, 0.1) is 23.7 Å². The monoisotopic (exact) mass is 296 g/mol. The van der Waals surface area contributed by atoms with Crippen molar-refractivity contribution in [2.45, 2.75) is 44.6 Å². The summed E-state index contributed by atoms with van der Waals surface area (Å²) in [7, 11) is 0. The molecule has 5 nitrogen and oxygen atoms in total. The van der Waals surface area contributed by atoms with Crippen LogP contribution in [0.4, 0.5) is 4.79 Å². The first kappa shape index (κ1) is 15.1. The van der Waals surface area contributed by atoms with Gasteiger partial charge in [0.1, 0.15) is 0 Å². The number of nitrogens with one attached hydrogen (secondary N) is 2. The van der Waals surface area contributed by atoms with Crippen molar-refractivity contribution in [2.24, 2.45) is 23.7 Å². The van der Waals surface area contributed by atoms with Gasteiger partial charge in [0.15, 0.2) is 0 Å². The standard InChI is InChI=1S/C16H28N2O3/c19-3-5-21-4-1-2-17-16(20)18-15-13-7-11-6-12(9-13)10-14(15)8-11/h11-15,19H,1-10H2,(H2,17,18,20). The number of aliphatic hydroxyl groups is 1. The maximum atomic E-state index is 12.0. The number of rotatable bonds is 7. The molecular weight excluding hydrogens is 268 g/mol. The Labute approximate surface area is 126 Å². The fraction of sp³-hybridized carbons (Fsp3) is 0.938. The molecule has 21 heavy (non-hydrogen) atoms. The van der Waals surface area contributed by atoms with Crippen molar-refractivity contribution in [3.63, 3.8) is 0 Å². The molecule has 4 fully saturated rings. The Morgan fingerprint density at radius 3 is 2.33 bits per heavy atom. The fourth-order valence-corrected chi connectivity index (χ4v) is 4.91. The molecule has 4 rings (SSSR count). The Hall–Kier alpha value is -0.810. The molecule has 0 radical (unpaired) electrons. The van der Waals surface area contributed by atoms with Crippen LogP contribution in [0.1, 0.15) is 38.5 Å². The van der Waals surface area contributed by atoms with Crippen LogP contribution in [0.15, 0.2) is 0 Å². The van der Waals surface area contributed by atoms with Gasteiger partial charge in [0.2, 0.25) is 0 Å². The Morgan fingerprint density at radius 1 is 1.05 bits per heavy atom. The van der Waals surface area contributed by atoms with Gasteiger partial charge in [0, 0.05) is 19.2 Å². The first-order chi connectivity index (χ1) is 10.3. The van der Waals surface area contributed by atoms with Crippen molar-refractivity contribution in [1.82, 2.24) is 10.6 Å². The average molecular weight is 296 g/mol. The minimum atomic E-state index is -0.0189. The zero-order chi connectivity index (χ0) is 14.7. The number of urea groups is 1. The van der Waals surface area contributed by atoms with Crippen molar-refractivity contribution in [3.05, 3.63) is 0 Å². The highest BCUT2D eigenvalue weighted by molar-refractivity contribution is 5.74. The third-order valence-corrected chi connectivity index (χ3v) is 5.51. The molecule has 120 valence electrons. The summed E-state index contributed by atoms with van der Waals surface area (Å²) in [5.74, 6) is 3.33. The van der Waals surface area contributed by atoms with E-state index in [1.54, 1.807) is 0 Å². The summed E-state index contributed by atoms with van der Waals surface area (Å²) in [6.07, 6.45) is 7.54. The quantitative estimate of drug-likeness (QED) is 0.624. The van der Waals surface area contributed by atoms with Crippen LogP contribution < -0.4 is 10.6 Å². The minimum Gasteiger partial charge on any atom is -0.394 e. The third kappa shape index (κ3) is 3.69. The molecule has 4 aliphatic rings. The Morgan fingerprint density at radius 2 is 1.71 bits per heavy atom. The van der Waals surface area contributed by atoms with Crippen LogP contribution in [0.3, 0.4) is 0 Å². The summed E-state index contributed by atoms with van der Waals surface area (Å²) >= 11 is 0. The fourth-order valence-electron chi connectivity index (χ4n) is 4.91. The number of ether oxygens (including phenoxy) is 1. The number of carbonyl (C=O) groups excluding carboxylic acids is 1. The Balaban J connectivity index is 1.35. The van der Waals surface area contributed by atoms with E-state index in [0.29, 0.717) is 25.8 Å². The van der Waals surface area contributed by atoms with E-state index in [9.17, 15) is 4.79 Å². The second-order valence-electron chi connectivity index (χ2n) is 7.05. The first-order valence-electron chi connectivity index (χ1n) is 8.49. The molecule has 0 aromatic rings. The third-order valence-electron chi connectivity index (χ3n) is 5.51. The lowest BCUT2D eigenvalue weighted by Gasteiger charge is -2.54. The zero-order valence-corrected chi connectivity index (χ0v) is 12.7. The maximum absolute atomic E-state index is 12.0. The van der Waals surface area contributed by atoms with Crippen LogP contribution in [0.25, 0.3) is 0 Å². The summed E-state index contributed by atoms with van der Waals surface area (Å²) in [5, 5.41) is 14.7. The van der Waals surface area contributed by atoms with Gasteiger partial charge < -0.3 is 20.5 Å². The maximum Gasteiger partial charge on any atom is 0.315 e. The highest BCUT2D eigenvalue weighted by atomic mass is 16.5. The first-order valence-corrected chi connectivity index (χ1v) is 8.49. The van der Waals surface area contributed by atoms with Gasteiger partial charge in [-0.25, -0.2) is 4.79 Å². The summed E-state index contributed by atoms with van der Waals surface area (Å²) in [4.78, 5) is 12.0. The lowest BCUT2D eigenvalue weighted by Crippen LogP contribution is -2.57. The van der Waals surface area contributed by atoms with Crippen LogP contribution >= 0.6 is 0 Å². The van der Waals surface area contributed by atoms with Gasteiger partial charge in [0.05, 0.1) is 13.2 Å². The largest absolute Gasteiger partial charge is 0.394 e. The molecule has 4 saturated carbocycles. The lowest BCUT2D eigenvalue weighted by molar-refractivity contribution is -0.00943. The Bertz CT molecular complexity index is 333. The van der Waals surface area contributed by atoms with E-state index < -0.39 is 0 Å². The molecule has 0 aromatic carbocycles. The van der Waals surface area contributed by atoms with Crippen molar-refractivity contribution >= 4 is 6.03 Å². The number of carbonyl (C=O) groups is 1. The molecular formula is C16H28N2O3. The predicted molar refractivity (Wildman–Crippen MR) is 79.9 cm³/mol. The lowest BCUT2D eigenvalue weighted by atomic mass is 9.54. The van der Waals surface area contributed by atoms with Crippen molar-refractivity contribution in [1.29, 1.82) is 0 Å². The van der Waals surface area contributed by atoms with E-state index in [0.717, 1.165) is 30.1 Å². The topological polar surface area (TPSA) is 70.6 Å². The van der Waals surface area contributed by atoms with Gasteiger partial charge in [-0.05, 0) is 62.2 Å². The molecule has 0 aliphatic heterocycles. The van der Waals surface area contributed by atoms with Crippen LogP contribution in [0.2, 0.25) is 0 Å². The summed E-state index contributed by atoms with van der Waals surface area (Å²) in [6.45, 7) is 1.64. The van der Waals surface area contributed by atoms with Crippen LogP contribution in [0.5, 0.6) is 0 Å². The normalized spacial score (nSPS) is 36.7. The SMILES string of the molecule is O=C(NCCCOCCO)NC1C2CC3CC(C2)CC1C3. The molecule has 2 amide bonds. The van der Waals surface area contributed by atoms with Crippen molar-refractivity contribution in [2.75, 3.05) is 26.4 Å². The highest BCUT2D eigenvalue weighted by Gasteiger charge is 2.48. The minimum absolute atomic E-state index is 0.0189. The molecule has 0 spiro atoms. The molecule has 4 aliphatic carbocycles. The summed E-state index contributed by atoms with van der Waals surface area (Å²) in [5.41, 5.74) is 0. The van der Waals surface area contributed by atoms with E-state index in [1.807, 2.05) is 0 Å². The molecule has 3 N–H and O–H groups in total. The van der Waals surface area contributed by atoms with Gasteiger partial charge >= 0.3 is 6.03 Å². The number of hydrogen-bond acceptors (Lipinski definition) is 3. The van der Waals surface area contributed by atoms with Crippen LogP contribution in [-0.4, -0.2) is 43.5 Å². The van der Waals surface area contributed by atoms with Crippen molar-refractivity contribution in [3.8, 4) is 0 Å². The van der Waals surface area contributed by atoms with E-state index in [2.05, 4.69) is 10.6 Å². The molecule has 0 aromatic heterocycles. The average Bonchev–Trinajstić information content (AvgIpc) is 2.46. The van der Waals surface area contributed by atoms with E-state index in [1.165, 1.54) is 32.1 Å². The van der Waals surface area contributed by atoms with E-state index in [-0.39, 0.29) is 12.6 Å². The number of hydrogen-bond donors (Lipinski definition) is 3. The smallest absolute Gasteiger partial charge is 0.315 e.